The maximum atomic E-state index is 12.9. The van der Waals surface area contributed by atoms with Crippen molar-refractivity contribution < 1.29 is 57.0 Å². The normalized spacial score (nSPS) is 18.0. The third-order valence-corrected chi connectivity index (χ3v) is 6.52. The van der Waals surface area contributed by atoms with E-state index in [0.717, 1.165) is 0 Å². The SMILES string of the molecule is O=C1OCc2cc3cc(c2)OCCOCCOCCOc2cc(cc(c2)OCCOCCOCCO3)COC(=O)c2cccc1n2. The van der Waals surface area contributed by atoms with E-state index >= 15 is 0 Å². The fourth-order valence-corrected chi connectivity index (χ4v) is 4.39. The number of hydrogen-bond acceptors (Lipinski definition) is 13. The minimum absolute atomic E-state index is 0.0424. The molecule has 2 aliphatic rings. The van der Waals surface area contributed by atoms with Crippen LogP contribution in [0.3, 0.4) is 0 Å². The van der Waals surface area contributed by atoms with Crippen molar-refractivity contribution in [3.63, 3.8) is 0 Å². The highest BCUT2D eigenvalue weighted by molar-refractivity contribution is 5.91. The Morgan fingerprint density at radius 2 is 0.739 bits per heavy atom. The minimum Gasteiger partial charge on any atom is -0.491 e. The van der Waals surface area contributed by atoms with Gasteiger partial charge in [-0.3, -0.25) is 0 Å². The number of rotatable bonds is 0. The van der Waals surface area contributed by atoms with Gasteiger partial charge in [-0.1, -0.05) is 6.07 Å². The maximum absolute atomic E-state index is 12.9. The number of nitrogens with zero attached hydrogens (tertiary/aromatic N) is 1. The Bertz CT molecular complexity index is 1270. The number of pyridine rings is 1. The number of aromatic nitrogens is 1. The average Bonchev–Trinajstić information content (AvgIpc) is 3.07. The van der Waals surface area contributed by atoms with Gasteiger partial charge in [0, 0.05) is 12.1 Å². The fourth-order valence-electron chi connectivity index (χ4n) is 4.39. The Kier molecular flexibility index (Phi) is 12.8. The fraction of sp³-hybridized carbons (Fsp3) is 0.424. The van der Waals surface area contributed by atoms with Gasteiger partial charge in [-0.15, -0.1) is 0 Å². The molecule has 0 N–H and O–H groups in total. The summed E-state index contributed by atoms with van der Waals surface area (Å²) >= 11 is 0. The Hall–Kier alpha value is -4.43. The van der Waals surface area contributed by atoms with Gasteiger partial charge in [-0.2, -0.15) is 0 Å². The predicted molar refractivity (Wildman–Crippen MR) is 161 cm³/mol. The number of ether oxygens (including phenoxy) is 10. The summed E-state index contributed by atoms with van der Waals surface area (Å²) in [4.78, 5) is 30.0. The van der Waals surface area contributed by atoms with Crippen LogP contribution >= 0.6 is 0 Å². The van der Waals surface area contributed by atoms with Crippen LogP contribution in [0.1, 0.15) is 32.1 Å². The summed E-state index contributed by atoms with van der Waals surface area (Å²) in [5, 5.41) is 0. The molecule has 2 aromatic carbocycles. The second kappa shape index (κ2) is 17.9. The first kappa shape index (κ1) is 32.9. The number of fused-ring (bicyclic) bond motifs is 8. The molecule has 3 heterocycles. The molecule has 2 aliphatic heterocycles. The highest BCUT2D eigenvalue weighted by atomic mass is 16.6. The molecule has 13 heteroatoms. The van der Waals surface area contributed by atoms with Crippen molar-refractivity contribution in [3.05, 3.63) is 77.1 Å². The van der Waals surface area contributed by atoms with Gasteiger partial charge in [0.25, 0.3) is 0 Å². The molecule has 0 aliphatic carbocycles. The first-order chi connectivity index (χ1) is 22.6. The lowest BCUT2D eigenvalue weighted by molar-refractivity contribution is 0.0259. The van der Waals surface area contributed by atoms with Gasteiger partial charge in [0.05, 0.1) is 52.9 Å². The highest BCUT2D eigenvalue weighted by Crippen LogP contribution is 2.25. The molecule has 0 saturated heterocycles. The standard InChI is InChI=1S/C33H37NO12/c35-32-30-2-1-3-31(34-30)33(36)46-23-25-18-28-21-29(19-25)44-15-11-40-7-5-38-9-13-42-27-17-24(22-45-32)16-26(20-27)41-12-8-37-4-6-39-10-14-43-28/h1-3,16-21H,4-15,22-23H2. The second-order valence-corrected chi connectivity index (χ2v) is 10.0. The van der Waals surface area contributed by atoms with Crippen LogP contribution in [0, 0.1) is 0 Å². The van der Waals surface area contributed by atoms with Crippen molar-refractivity contribution in [2.75, 3.05) is 79.3 Å². The molecule has 3 aromatic rings. The number of hydrogen-bond donors (Lipinski definition) is 0. The summed E-state index contributed by atoms with van der Waals surface area (Å²) < 4.78 is 57.1. The van der Waals surface area contributed by atoms with Gasteiger partial charge in [-0.05, 0) is 47.5 Å². The first-order valence-electron chi connectivity index (χ1n) is 15.0. The molecule has 1 aromatic heterocycles. The van der Waals surface area contributed by atoms with Crippen LogP contribution in [0.2, 0.25) is 0 Å². The van der Waals surface area contributed by atoms with Crippen molar-refractivity contribution >= 4 is 11.9 Å². The van der Waals surface area contributed by atoms with Crippen molar-refractivity contribution in [3.8, 4) is 23.0 Å². The van der Waals surface area contributed by atoms with E-state index in [1.807, 2.05) is 0 Å². The molecule has 13 nitrogen and oxygen atoms in total. The van der Waals surface area contributed by atoms with Crippen LogP contribution in [0.15, 0.2) is 54.6 Å². The third-order valence-electron chi connectivity index (χ3n) is 6.52. The summed E-state index contributed by atoms with van der Waals surface area (Å²) in [6.45, 7) is 3.80. The molecule has 246 valence electrons. The summed E-state index contributed by atoms with van der Waals surface area (Å²) in [5.41, 5.74) is 1.17. The van der Waals surface area contributed by atoms with E-state index in [-0.39, 0.29) is 51.0 Å². The van der Waals surface area contributed by atoms with E-state index in [1.54, 1.807) is 36.4 Å². The van der Waals surface area contributed by atoms with Crippen LogP contribution in [-0.2, 0) is 41.6 Å². The predicted octanol–water partition coefficient (Wildman–Crippen LogP) is 3.40. The third kappa shape index (κ3) is 10.9. The Balaban J connectivity index is 1.40. The zero-order valence-electron chi connectivity index (χ0n) is 25.4. The first-order valence-corrected chi connectivity index (χ1v) is 15.0. The zero-order chi connectivity index (χ0) is 31.8. The van der Waals surface area contributed by atoms with E-state index in [2.05, 4.69) is 4.98 Å². The van der Waals surface area contributed by atoms with Crippen LogP contribution in [0.4, 0.5) is 0 Å². The van der Waals surface area contributed by atoms with Gasteiger partial charge in [0.2, 0.25) is 0 Å². The second-order valence-electron chi connectivity index (χ2n) is 10.0. The largest absolute Gasteiger partial charge is 0.491 e. The van der Waals surface area contributed by atoms with Crippen LogP contribution in [-0.4, -0.2) is 96.2 Å². The molecule has 0 amide bonds. The van der Waals surface area contributed by atoms with Gasteiger partial charge in [0.1, 0.15) is 74.0 Å². The molecule has 46 heavy (non-hydrogen) atoms. The van der Waals surface area contributed by atoms with Crippen molar-refractivity contribution in [1.82, 2.24) is 4.98 Å². The van der Waals surface area contributed by atoms with Gasteiger partial charge >= 0.3 is 11.9 Å². The number of carbonyl (C=O) groups excluding carboxylic acids is 2. The highest BCUT2D eigenvalue weighted by Gasteiger charge is 2.16. The van der Waals surface area contributed by atoms with Crippen molar-refractivity contribution in [2.24, 2.45) is 0 Å². The van der Waals surface area contributed by atoms with Gasteiger partial charge < -0.3 is 47.4 Å². The number of esters is 2. The molecular weight excluding hydrogens is 602 g/mol. The van der Waals surface area contributed by atoms with E-state index in [1.165, 1.54) is 18.2 Å². The Morgan fingerprint density at radius 1 is 0.413 bits per heavy atom. The zero-order valence-corrected chi connectivity index (χ0v) is 25.4. The van der Waals surface area contributed by atoms with E-state index < -0.39 is 11.9 Å². The maximum Gasteiger partial charge on any atom is 0.357 e. The molecule has 0 saturated carbocycles. The smallest absolute Gasteiger partial charge is 0.357 e. The van der Waals surface area contributed by atoms with Crippen LogP contribution in [0.25, 0.3) is 0 Å². The average molecular weight is 640 g/mol. The molecule has 5 rings (SSSR count). The lowest BCUT2D eigenvalue weighted by atomic mass is 10.2. The van der Waals surface area contributed by atoms with E-state index in [9.17, 15) is 9.59 Å². The molecular formula is C33H37NO12. The summed E-state index contributed by atoms with van der Waals surface area (Å²) in [6.07, 6.45) is 0. The van der Waals surface area contributed by atoms with E-state index in [4.69, 9.17) is 47.4 Å². The lowest BCUT2D eigenvalue weighted by Crippen LogP contribution is -2.14. The molecule has 0 spiro atoms. The van der Waals surface area contributed by atoms with Gasteiger partial charge in [0.15, 0.2) is 0 Å². The van der Waals surface area contributed by atoms with E-state index in [0.29, 0.717) is 87.0 Å². The Morgan fingerprint density at radius 3 is 1.09 bits per heavy atom. The molecule has 0 atom stereocenters. The van der Waals surface area contributed by atoms with Crippen molar-refractivity contribution in [2.45, 2.75) is 13.2 Å². The molecule has 0 radical (unpaired) electrons. The lowest BCUT2D eigenvalue weighted by Gasteiger charge is -2.14. The summed E-state index contributed by atoms with van der Waals surface area (Å²) in [5.74, 6) is 0.629. The monoisotopic (exact) mass is 639 g/mol. The van der Waals surface area contributed by atoms with Crippen molar-refractivity contribution in [1.29, 1.82) is 0 Å². The topological polar surface area (TPSA) is 139 Å². The summed E-state index contributed by atoms with van der Waals surface area (Å²) in [7, 11) is 0. The van der Waals surface area contributed by atoms with Crippen LogP contribution in [0.5, 0.6) is 23.0 Å². The summed E-state index contributed by atoms with van der Waals surface area (Å²) in [6, 6.07) is 14.9. The quantitative estimate of drug-likeness (QED) is 0.332. The Labute approximate surface area is 266 Å². The van der Waals surface area contributed by atoms with Gasteiger partial charge in [-0.25, -0.2) is 14.6 Å². The molecule has 0 unspecified atom stereocenters. The minimum atomic E-state index is -0.711. The van der Waals surface area contributed by atoms with Crippen LogP contribution < -0.4 is 18.9 Å². The molecule has 8 bridgehead atoms. The number of carbonyl (C=O) groups is 2. The molecule has 0 fully saturated rings. The number of benzene rings is 2.